The number of aryl methyl sites for hydroxylation is 1. The van der Waals surface area contributed by atoms with Crippen molar-refractivity contribution in [2.24, 2.45) is 5.92 Å². The second-order valence-electron chi connectivity index (χ2n) is 10.1. The molecule has 0 aromatic heterocycles. The summed E-state index contributed by atoms with van der Waals surface area (Å²) in [5.41, 5.74) is 3.64. The maximum Gasteiger partial charge on any atom is 0.243 e. The van der Waals surface area contributed by atoms with Crippen molar-refractivity contribution in [2.75, 3.05) is 13.1 Å². The monoisotopic (exact) mass is 454 g/mol. The molecule has 0 spiro atoms. The lowest BCUT2D eigenvalue weighted by Crippen LogP contribution is -2.44. The maximum absolute atomic E-state index is 13.1. The highest BCUT2D eigenvalue weighted by Gasteiger charge is 2.33. The van der Waals surface area contributed by atoms with Crippen LogP contribution in [0.2, 0.25) is 0 Å². The molecule has 1 aliphatic heterocycles. The Hall–Kier alpha value is -2.18. The lowest BCUT2D eigenvalue weighted by Gasteiger charge is -2.33. The van der Waals surface area contributed by atoms with E-state index in [0.29, 0.717) is 30.8 Å². The van der Waals surface area contributed by atoms with Crippen LogP contribution in [0.3, 0.4) is 0 Å². The molecule has 1 unspecified atom stereocenters. The first-order valence-electron chi connectivity index (χ1n) is 11.6. The fraction of sp³-hybridized carbons (Fsp3) is 0.500. The summed E-state index contributed by atoms with van der Waals surface area (Å²) >= 11 is 0. The lowest BCUT2D eigenvalue weighted by molar-refractivity contribution is -0.127. The molecule has 1 N–H and O–H groups in total. The van der Waals surface area contributed by atoms with E-state index in [1.165, 1.54) is 15.4 Å². The van der Waals surface area contributed by atoms with Gasteiger partial charge < -0.3 is 5.32 Å². The Balaban J connectivity index is 1.37. The Kier molecular flexibility index (Phi) is 6.46. The summed E-state index contributed by atoms with van der Waals surface area (Å²) in [5.74, 6) is -0.0860. The number of nitrogens with zero attached hydrogens (tertiary/aromatic N) is 1. The summed E-state index contributed by atoms with van der Waals surface area (Å²) in [6, 6.07) is 15.6. The number of rotatable bonds is 4. The fourth-order valence-electron chi connectivity index (χ4n) is 4.83. The van der Waals surface area contributed by atoms with E-state index in [-0.39, 0.29) is 23.3 Å². The molecule has 2 aromatic rings. The van der Waals surface area contributed by atoms with Gasteiger partial charge in [-0.2, -0.15) is 4.31 Å². The van der Waals surface area contributed by atoms with Crippen molar-refractivity contribution in [1.29, 1.82) is 0 Å². The average Bonchev–Trinajstić information content (AvgIpc) is 2.79. The molecule has 2 aliphatic rings. The SMILES string of the molecule is CC(C)(C)c1ccc(S(=O)(=O)N2CCC(C(=O)NC3CCCc4ccccc43)CC2)cc1. The molecule has 0 bridgehead atoms. The first kappa shape index (κ1) is 23.0. The van der Waals surface area contributed by atoms with Crippen LogP contribution in [0, 0.1) is 5.92 Å². The maximum atomic E-state index is 13.1. The second-order valence-corrected chi connectivity index (χ2v) is 12.0. The van der Waals surface area contributed by atoms with Crippen LogP contribution in [-0.4, -0.2) is 31.7 Å². The van der Waals surface area contributed by atoms with Crippen LogP contribution in [0.5, 0.6) is 0 Å². The van der Waals surface area contributed by atoms with Crippen molar-refractivity contribution in [1.82, 2.24) is 9.62 Å². The zero-order chi connectivity index (χ0) is 22.9. The molecular formula is C26H34N2O3S. The summed E-state index contributed by atoms with van der Waals surface area (Å²) in [7, 11) is -3.54. The standard InChI is InChI=1S/C26H34N2O3S/c1-26(2,3)21-11-13-22(14-12-21)32(30,31)28-17-15-20(16-18-28)25(29)27-24-10-6-8-19-7-4-5-9-23(19)24/h4-5,7,9,11-14,20,24H,6,8,10,15-18H2,1-3H3,(H,27,29). The zero-order valence-electron chi connectivity index (χ0n) is 19.3. The van der Waals surface area contributed by atoms with E-state index in [0.717, 1.165) is 24.8 Å². The molecule has 1 aliphatic carbocycles. The molecule has 1 atom stereocenters. The summed E-state index contributed by atoms with van der Waals surface area (Å²) < 4.78 is 27.7. The molecule has 1 amide bonds. The highest BCUT2D eigenvalue weighted by molar-refractivity contribution is 7.89. The Bertz CT molecular complexity index is 1060. The molecule has 2 aromatic carbocycles. The van der Waals surface area contributed by atoms with Crippen LogP contribution in [0.4, 0.5) is 0 Å². The van der Waals surface area contributed by atoms with Crippen LogP contribution < -0.4 is 5.32 Å². The molecule has 4 rings (SSSR count). The summed E-state index contributed by atoms with van der Waals surface area (Å²) in [6.45, 7) is 7.08. The van der Waals surface area contributed by atoms with Crippen LogP contribution in [0.25, 0.3) is 0 Å². The highest BCUT2D eigenvalue weighted by Crippen LogP contribution is 2.31. The number of fused-ring (bicyclic) bond motifs is 1. The van der Waals surface area contributed by atoms with E-state index >= 15 is 0 Å². The van der Waals surface area contributed by atoms with Crippen molar-refractivity contribution in [3.63, 3.8) is 0 Å². The normalized spacial score (nSPS) is 20.5. The van der Waals surface area contributed by atoms with Gasteiger partial charge in [-0.3, -0.25) is 4.79 Å². The molecule has 5 nitrogen and oxygen atoms in total. The number of nitrogens with one attached hydrogen (secondary N) is 1. The first-order valence-corrected chi connectivity index (χ1v) is 13.1. The van der Waals surface area contributed by atoms with Gasteiger partial charge in [-0.1, -0.05) is 57.2 Å². The quantitative estimate of drug-likeness (QED) is 0.735. The smallest absolute Gasteiger partial charge is 0.243 e. The minimum atomic E-state index is -3.54. The molecule has 1 heterocycles. The van der Waals surface area contributed by atoms with E-state index in [1.54, 1.807) is 12.1 Å². The molecule has 6 heteroatoms. The van der Waals surface area contributed by atoms with Crippen LogP contribution in [-0.2, 0) is 26.7 Å². The largest absolute Gasteiger partial charge is 0.349 e. The van der Waals surface area contributed by atoms with Gasteiger partial charge in [-0.05, 0) is 66.3 Å². The van der Waals surface area contributed by atoms with Crippen LogP contribution in [0.15, 0.2) is 53.4 Å². The number of sulfonamides is 1. The van der Waals surface area contributed by atoms with Crippen molar-refractivity contribution in [3.05, 3.63) is 65.2 Å². The van der Waals surface area contributed by atoms with Crippen LogP contribution >= 0.6 is 0 Å². The number of carbonyl (C=O) groups is 1. The average molecular weight is 455 g/mol. The van der Waals surface area contributed by atoms with E-state index in [9.17, 15) is 13.2 Å². The van der Waals surface area contributed by atoms with Gasteiger partial charge in [0, 0.05) is 19.0 Å². The Morgan fingerprint density at radius 1 is 0.969 bits per heavy atom. The van der Waals surface area contributed by atoms with Gasteiger partial charge in [-0.15, -0.1) is 0 Å². The Morgan fingerprint density at radius 2 is 1.62 bits per heavy atom. The van der Waals surface area contributed by atoms with Gasteiger partial charge in [0.25, 0.3) is 0 Å². The number of benzene rings is 2. The first-order chi connectivity index (χ1) is 15.2. The van der Waals surface area contributed by atoms with Crippen molar-refractivity contribution < 1.29 is 13.2 Å². The number of carbonyl (C=O) groups excluding carboxylic acids is 1. The van der Waals surface area contributed by atoms with Crippen molar-refractivity contribution in [2.45, 2.75) is 69.2 Å². The zero-order valence-corrected chi connectivity index (χ0v) is 20.1. The topological polar surface area (TPSA) is 66.5 Å². The molecule has 1 saturated heterocycles. The minimum absolute atomic E-state index is 0.0210. The second kappa shape index (κ2) is 8.99. The van der Waals surface area contributed by atoms with Gasteiger partial charge in [0.05, 0.1) is 10.9 Å². The Morgan fingerprint density at radius 3 is 2.28 bits per heavy atom. The molecule has 0 saturated carbocycles. The fourth-order valence-corrected chi connectivity index (χ4v) is 6.30. The van der Waals surface area contributed by atoms with Crippen molar-refractivity contribution in [3.8, 4) is 0 Å². The van der Waals surface area contributed by atoms with Crippen LogP contribution in [0.1, 0.15) is 69.2 Å². The number of piperidine rings is 1. The molecule has 32 heavy (non-hydrogen) atoms. The summed E-state index contributed by atoms with van der Waals surface area (Å²) in [5, 5.41) is 3.24. The molecular weight excluding hydrogens is 420 g/mol. The third kappa shape index (κ3) is 4.76. The predicted octanol–water partition coefficient (Wildman–Crippen LogP) is 4.58. The van der Waals surface area contributed by atoms with E-state index in [2.05, 4.69) is 44.3 Å². The van der Waals surface area contributed by atoms with Gasteiger partial charge in [0.15, 0.2) is 0 Å². The van der Waals surface area contributed by atoms with Gasteiger partial charge in [0.2, 0.25) is 15.9 Å². The third-order valence-electron chi connectivity index (χ3n) is 6.87. The third-order valence-corrected chi connectivity index (χ3v) is 8.78. The highest BCUT2D eigenvalue weighted by atomic mass is 32.2. The number of hydrogen-bond donors (Lipinski definition) is 1. The van der Waals surface area contributed by atoms with E-state index in [4.69, 9.17) is 0 Å². The Labute approximate surface area is 192 Å². The predicted molar refractivity (Wildman–Crippen MR) is 127 cm³/mol. The van der Waals surface area contributed by atoms with Gasteiger partial charge >= 0.3 is 0 Å². The van der Waals surface area contributed by atoms with Crippen molar-refractivity contribution >= 4 is 15.9 Å². The van der Waals surface area contributed by atoms with Gasteiger partial charge in [-0.25, -0.2) is 8.42 Å². The number of hydrogen-bond acceptors (Lipinski definition) is 3. The minimum Gasteiger partial charge on any atom is -0.349 e. The van der Waals surface area contributed by atoms with E-state index < -0.39 is 10.0 Å². The summed E-state index contributed by atoms with van der Waals surface area (Å²) in [4.78, 5) is 13.3. The lowest BCUT2D eigenvalue weighted by atomic mass is 9.87. The molecule has 172 valence electrons. The molecule has 0 radical (unpaired) electrons. The van der Waals surface area contributed by atoms with Gasteiger partial charge in [0.1, 0.15) is 0 Å². The summed E-state index contributed by atoms with van der Waals surface area (Å²) in [6.07, 6.45) is 4.21. The number of amides is 1. The van der Waals surface area contributed by atoms with E-state index in [1.807, 2.05) is 18.2 Å². The molecule has 1 fully saturated rings.